The van der Waals surface area contributed by atoms with Crippen LogP contribution in [0.2, 0.25) is 0 Å². The number of rotatable bonds is 4. The van der Waals surface area contributed by atoms with E-state index in [1.165, 1.54) is 0 Å². The van der Waals surface area contributed by atoms with Crippen LogP contribution in [0.15, 0.2) is 76.3 Å². The van der Waals surface area contributed by atoms with E-state index in [2.05, 4.69) is 107 Å². The van der Waals surface area contributed by atoms with Gasteiger partial charge >= 0.3 is 5.84 Å². The lowest BCUT2D eigenvalue weighted by Gasteiger charge is -2.05. The molecule has 2 aliphatic heterocycles. The fourth-order valence-corrected chi connectivity index (χ4v) is 5.18. The molecule has 5 heterocycles. The Kier molecular flexibility index (Phi) is 4.92. The Labute approximate surface area is 215 Å². The lowest BCUT2D eigenvalue weighted by Crippen LogP contribution is -2.27. The number of hydrogen-bond donors (Lipinski definition) is 3. The fraction of sp³-hybridized carbons (Fsp3) is 0.233. The molecule has 2 unspecified atom stereocenters. The fourth-order valence-electron chi connectivity index (χ4n) is 5.18. The molecule has 0 saturated carbocycles. The maximum absolute atomic E-state index is 6.23. The van der Waals surface area contributed by atoms with E-state index in [9.17, 15) is 0 Å². The molecule has 0 radical (unpaired) electrons. The largest absolute Gasteiger partial charge is 0.448 e. The van der Waals surface area contributed by atoms with E-state index >= 15 is 0 Å². The van der Waals surface area contributed by atoms with Gasteiger partial charge in [-0.2, -0.15) is 0 Å². The van der Waals surface area contributed by atoms with Crippen molar-refractivity contribution < 1.29 is 8.99 Å². The Hall–Kier alpha value is -4.39. The van der Waals surface area contributed by atoms with Gasteiger partial charge in [-0.05, 0) is 43.7 Å². The first-order valence-electron chi connectivity index (χ1n) is 12.8. The van der Waals surface area contributed by atoms with E-state index in [0.717, 1.165) is 80.5 Å². The van der Waals surface area contributed by atoms with Crippen molar-refractivity contribution in [2.75, 3.05) is 20.1 Å². The molecule has 0 amide bonds. The monoisotopic (exact) mass is 489 g/mol. The number of nitrogens with one attached hydrogen (secondary N) is 3. The van der Waals surface area contributed by atoms with E-state index in [-0.39, 0.29) is 0 Å². The minimum Gasteiger partial charge on any atom is -0.448 e. The minimum absolute atomic E-state index is 0.386. The van der Waals surface area contributed by atoms with Crippen LogP contribution in [-0.4, -0.2) is 58.4 Å². The molecule has 2 aliphatic rings. The Morgan fingerprint density at radius 3 is 2.51 bits per heavy atom. The predicted octanol–water partition coefficient (Wildman–Crippen LogP) is 4.76. The number of benzene rings is 2. The summed E-state index contributed by atoms with van der Waals surface area (Å²) in [5, 5.41) is 9.14. The number of aromatic amines is 1. The van der Waals surface area contributed by atoms with Crippen LogP contribution in [0.4, 0.5) is 0 Å². The Bertz CT molecular complexity index is 1720. The molecule has 2 atom stereocenters. The minimum atomic E-state index is 0.386. The second-order valence-corrected chi connectivity index (χ2v) is 10.2. The smallest absolute Gasteiger partial charge is 0.313 e. The summed E-state index contributed by atoms with van der Waals surface area (Å²) >= 11 is 0. The topological polar surface area (TPSA) is 81.2 Å². The van der Waals surface area contributed by atoms with Gasteiger partial charge in [-0.1, -0.05) is 30.3 Å². The van der Waals surface area contributed by atoms with Gasteiger partial charge in [0.2, 0.25) is 5.76 Å². The first-order valence-corrected chi connectivity index (χ1v) is 12.8. The molecule has 3 N–H and O–H groups in total. The quantitative estimate of drug-likeness (QED) is 0.318. The molecular weight excluding hydrogens is 460 g/mol. The highest BCUT2D eigenvalue weighted by Gasteiger charge is 2.29. The molecule has 7 nitrogen and oxygen atoms in total. The molecule has 5 aromatic rings. The van der Waals surface area contributed by atoms with Gasteiger partial charge in [0.25, 0.3) is 0 Å². The second-order valence-electron chi connectivity index (χ2n) is 10.2. The summed E-state index contributed by atoms with van der Waals surface area (Å²) in [6.45, 7) is 6.09. The molecule has 0 saturated heterocycles. The summed E-state index contributed by atoms with van der Waals surface area (Å²) in [7, 11) is 2.10. The first kappa shape index (κ1) is 21.9. The third-order valence-corrected chi connectivity index (χ3v) is 7.51. The highest BCUT2D eigenvalue weighted by atomic mass is 16.3. The van der Waals surface area contributed by atoms with Crippen LogP contribution in [0.3, 0.4) is 0 Å². The molecule has 37 heavy (non-hydrogen) atoms. The summed E-state index contributed by atoms with van der Waals surface area (Å²) in [5.41, 5.74) is 7.11. The summed E-state index contributed by atoms with van der Waals surface area (Å²) in [6, 6.07) is 22.0. The standard InChI is InChI=1S/C30H28N6O/c1-17-14-32-29(34-17)22-7-5-20-10-26(35-25(20)11-22)24-9-8-23(16-31-24)19-4-6-21-13-28(37-27(21)12-19)30-33-15-18(2)36(30)3/h4-13,16-18H,14-15H2,1-3H3,(H2,31,32,33,34,35)/p+1. The van der Waals surface area contributed by atoms with Crippen molar-refractivity contribution in [3.8, 4) is 22.5 Å². The molecule has 7 heteroatoms. The number of amidine groups is 2. The Morgan fingerprint density at radius 1 is 0.919 bits per heavy atom. The second kappa shape index (κ2) is 8.34. The van der Waals surface area contributed by atoms with E-state index in [0.29, 0.717) is 12.1 Å². The number of fused-ring (bicyclic) bond motifs is 2. The van der Waals surface area contributed by atoms with Gasteiger partial charge in [0.05, 0.1) is 25.0 Å². The number of aliphatic imine (C=N–C) groups is 1. The van der Waals surface area contributed by atoms with Gasteiger partial charge in [-0.15, -0.1) is 0 Å². The number of hydrogen-bond acceptors (Lipinski definition) is 5. The van der Waals surface area contributed by atoms with E-state index in [1.54, 1.807) is 0 Å². The van der Waals surface area contributed by atoms with Crippen LogP contribution in [0.1, 0.15) is 25.2 Å². The number of H-pyrrole nitrogens is 1. The molecule has 184 valence electrons. The van der Waals surface area contributed by atoms with E-state index in [4.69, 9.17) is 9.40 Å². The maximum atomic E-state index is 6.23. The summed E-state index contributed by atoms with van der Waals surface area (Å²) in [6.07, 6.45) is 1.93. The number of nitrogens with zero attached hydrogens (tertiary/aromatic N) is 3. The third kappa shape index (κ3) is 3.78. The van der Waals surface area contributed by atoms with Crippen molar-refractivity contribution in [2.24, 2.45) is 4.99 Å². The van der Waals surface area contributed by atoms with E-state index in [1.807, 2.05) is 6.20 Å². The lowest BCUT2D eigenvalue weighted by atomic mass is 10.1. The highest BCUT2D eigenvalue weighted by molar-refractivity contribution is 6.03. The van der Waals surface area contributed by atoms with Gasteiger partial charge in [0.1, 0.15) is 24.0 Å². The van der Waals surface area contributed by atoms with Gasteiger partial charge in [-0.25, -0.2) is 0 Å². The number of aromatic nitrogens is 2. The van der Waals surface area contributed by atoms with Crippen LogP contribution in [0.5, 0.6) is 0 Å². The number of furan rings is 1. The molecule has 7 rings (SSSR count). The molecule has 3 aromatic heterocycles. The molecule has 0 fully saturated rings. The van der Waals surface area contributed by atoms with Gasteiger partial charge in [0, 0.05) is 45.7 Å². The van der Waals surface area contributed by atoms with Crippen molar-refractivity contribution in [1.82, 2.24) is 20.6 Å². The SMILES string of the molecule is CC1CN=C(c2ccc3cc(-c4ccc(-c5ccc6cc(C7=[N+](C)C(C)CN7)oc6c5)cn4)[nH]c3c2)N1. The molecule has 2 aromatic carbocycles. The summed E-state index contributed by atoms with van der Waals surface area (Å²) in [5.74, 6) is 2.89. The van der Waals surface area contributed by atoms with Crippen molar-refractivity contribution in [2.45, 2.75) is 25.9 Å². The zero-order valence-electron chi connectivity index (χ0n) is 21.2. The Balaban J connectivity index is 1.16. The van der Waals surface area contributed by atoms with Crippen molar-refractivity contribution in [3.05, 3.63) is 78.2 Å². The van der Waals surface area contributed by atoms with E-state index < -0.39 is 0 Å². The molecule has 0 spiro atoms. The lowest BCUT2D eigenvalue weighted by molar-refractivity contribution is -0.522. The van der Waals surface area contributed by atoms with Crippen LogP contribution in [-0.2, 0) is 0 Å². The number of likely N-dealkylation sites (N-methyl/N-ethyl adjacent to an activating group) is 1. The molecular formula is C30H29N6O+. The normalized spacial score (nSPS) is 19.5. The van der Waals surface area contributed by atoms with Crippen LogP contribution < -0.4 is 10.6 Å². The van der Waals surface area contributed by atoms with Crippen molar-refractivity contribution in [3.63, 3.8) is 0 Å². The van der Waals surface area contributed by atoms with Gasteiger partial charge < -0.3 is 14.7 Å². The Morgan fingerprint density at radius 2 is 1.76 bits per heavy atom. The van der Waals surface area contributed by atoms with Crippen molar-refractivity contribution >= 4 is 33.5 Å². The first-order chi connectivity index (χ1) is 18.0. The van der Waals surface area contributed by atoms with Gasteiger partial charge in [-0.3, -0.25) is 19.9 Å². The summed E-state index contributed by atoms with van der Waals surface area (Å²) in [4.78, 5) is 12.9. The average Bonchev–Trinajstić information content (AvgIpc) is 3.70. The molecule has 0 bridgehead atoms. The van der Waals surface area contributed by atoms with Crippen LogP contribution in [0, 0.1) is 0 Å². The zero-order valence-corrected chi connectivity index (χ0v) is 21.2. The summed E-state index contributed by atoms with van der Waals surface area (Å²) < 4.78 is 8.46. The predicted molar refractivity (Wildman–Crippen MR) is 148 cm³/mol. The van der Waals surface area contributed by atoms with Crippen LogP contribution >= 0.6 is 0 Å². The van der Waals surface area contributed by atoms with Crippen molar-refractivity contribution in [1.29, 1.82) is 0 Å². The third-order valence-electron chi connectivity index (χ3n) is 7.51. The van der Waals surface area contributed by atoms with Gasteiger partial charge in [0.15, 0.2) is 0 Å². The highest BCUT2D eigenvalue weighted by Crippen LogP contribution is 2.29. The maximum Gasteiger partial charge on any atom is 0.313 e. The van der Waals surface area contributed by atoms with Crippen LogP contribution in [0.25, 0.3) is 44.4 Å². The zero-order chi connectivity index (χ0) is 25.1. The molecule has 0 aliphatic carbocycles. The number of pyridine rings is 1. The average molecular weight is 490 g/mol.